The van der Waals surface area contributed by atoms with Crippen molar-refractivity contribution >= 4 is 29.0 Å². The Hall–Kier alpha value is -0.850. The van der Waals surface area contributed by atoms with Gasteiger partial charge in [-0.1, -0.05) is 6.07 Å². The molecule has 1 aliphatic carbocycles. The van der Waals surface area contributed by atoms with Crippen molar-refractivity contribution in [1.82, 2.24) is 0 Å². The third kappa shape index (κ3) is 2.52. The van der Waals surface area contributed by atoms with Crippen LogP contribution in [0.25, 0.3) is 0 Å². The fourth-order valence-electron chi connectivity index (χ4n) is 2.19. The average molecular weight is 331 g/mol. The van der Waals surface area contributed by atoms with E-state index in [1.807, 2.05) is 0 Å². The van der Waals surface area contributed by atoms with Crippen LogP contribution in [-0.2, 0) is 11.0 Å². The Balaban J connectivity index is 2.39. The van der Waals surface area contributed by atoms with E-state index in [4.69, 9.17) is 28.3 Å². The number of aliphatic hydroxyl groups excluding tert-OH is 1. The highest BCUT2D eigenvalue weighted by Crippen LogP contribution is 2.65. The second-order valence-electron chi connectivity index (χ2n) is 4.49. The molecule has 2 nitrogen and oxygen atoms in total. The molecule has 110 valence electrons. The number of aliphatic hydroxyl groups is 1. The molecule has 0 aliphatic heterocycles. The minimum Gasteiger partial charge on any atom is -0.389 e. The number of hydrogen-bond acceptors (Lipinski definition) is 2. The van der Waals surface area contributed by atoms with E-state index >= 15 is 0 Å². The summed E-state index contributed by atoms with van der Waals surface area (Å²) in [7, 11) is 0. The number of halogens is 6. The molecule has 2 rings (SSSR count). The van der Waals surface area contributed by atoms with Gasteiger partial charge in [0, 0.05) is 5.92 Å². The average Bonchev–Trinajstić information content (AvgIpc) is 2.90. The summed E-state index contributed by atoms with van der Waals surface area (Å²) in [5.74, 6) is -3.98. The van der Waals surface area contributed by atoms with Crippen LogP contribution in [0.1, 0.15) is 17.0 Å². The molecule has 1 aromatic rings. The van der Waals surface area contributed by atoms with Gasteiger partial charge in [-0.2, -0.15) is 13.2 Å². The lowest BCUT2D eigenvalue weighted by atomic mass is 10.0. The standard InChI is InChI=1S/C12H8Cl2F4O2/c13-11(14)9(10(11)8(20)4-19)5-1-2-7(15)6(3-5)12(16,17)18/h1-3,9-10,19H,4H2/t9-,10-/m1/s1. The van der Waals surface area contributed by atoms with Gasteiger partial charge in [0.1, 0.15) is 16.8 Å². The molecular weight excluding hydrogens is 323 g/mol. The first kappa shape index (κ1) is 15.5. The highest BCUT2D eigenvalue weighted by molar-refractivity contribution is 6.53. The van der Waals surface area contributed by atoms with Gasteiger partial charge in [0.25, 0.3) is 0 Å². The Morgan fingerprint density at radius 1 is 1.35 bits per heavy atom. The van der Waals surface area contributed by atoms with Gasteiger partial charge in [-0.15, -0.1) is 23.2 Å². The quantitative estimate of drug-likeness (QED) is 0.682. The highest BCUT2D eigenvalue weighted by atomic mass is 35.5. The van der Waals surface area contributed by atoms with Crippen LogP contribution < -0.4 is 0 Å². The second kappa shape index (κ2) is 4.86. The van der Waals surface area contributed by atoms with Crippen molar-refractivity contribution in [2.24, 2.45) is 5.92 Å². The Bertz CT molecular complexity index is 557. The van der Waals surface area contributed by atoms with Crippen LogP contribution in [0.15, 0.2) is 18.2 Å². The van der Waals surface area contributed by atoms with Crippen LogP contribution in [0.2, 0.25) is 0 Å². The minimum atomic E-state index is -4.85. The molecule has 0 unspecified atom stereocenters. The zero-order valence-electron chi connectivity index (χ0n) is 9.72. The molecule has 2 atom stereocenters. The summed E-state index contributed by atoms with van der Waals surface area (Å²) in [6.07, 6.45) is -4.85. The fraction of sp³-hybridized carbons (Fsp3) is 0.417. The van der Waals surface area contributed by atoms with Crippen LogP contribution in [0.4, 0.5) is 17.6 Å². The molecule has 0 heterocycles. The third-order valence-electron chi connectivity index (χ3n) is 3.21. The predicted molar refractivity (Wildman–Crippen MR) is 64.2 cm³/mol. The van der Waals surface area contributed by atoms with Crippen LogP contribution in [0.5, 0.6) is 0 Å². The summed E-state index contributed by atoms with van der Waals surface area (Å²) in [5, 5.41) is 8.76. The number of carbonyl (C=O) groups excluding carboxylic acids is 1. The van der Waals surface area contributed by atoms with Crippen LogP contribution in [0.3, 0.4) is 0 Å². The number of hydrogen-bond donors (Lipinski definition) is 1. The lowest BCUT2D eigenvalue weighted by Gasteiger charge is -2.10. The smallest absolute Gasteiger partial charge is 0.389 e. The third-order valence-corrected chi connectivity index (χ3v) is 4.15. The lowest BCUT2D eigenvalue weighted by molar-refractivity contribution is -0.140. The summed E-state index contributed by atoms with van der Waals surface area (Å²) in [6.45, 7) is -0.810. The zero-order chi connectivity index (χ0) is 15.3. The zero-order valence-corrected chi connectivity index (χ0v) is 11.2. The maximum atomic E-state index is 13.2. The number of rotatable bonds is 3. The Labute approximate surface area is 121 Å². The van der Waals surface area contributed by atoms with E-state index in [9.17, 15) is 22.4 Å². The molecular formula is C12H8Cl2F4O2. The van der Waals surface area contributed by atoms with Gasteiger partial charge in [-0.05, 0) is 17.7 Å². The summed E-state index contributed by atoms with van der Waals surface area (Å²) in [6, 6.07) is 2.34. The molecule has 0 spiro atoms. The molecule has 0 aromatic heterocycles. The monoisotopic (exact) mass is 330 g/mol. The summed E-state index contributed by atoms with van der Waals surface area (Å²) in [4.78, 5) is 11.4. The largest absolute Gasteiger partial charge is 0.419 e. The van der Waals surface area contributed by atoms with E-state index in [0.29, 0.717) is 12.1 Å². The summed E-state index contributed by atoms with van der Waals surface area (Å²) in [5.41, 5.74) is -1.43. The van der Waals surface area contributed by atoms with E-state index in [-0.39, 0.29) is 5.56 Å². The number of benzene rings is 1. The van der Waals surface area contributed by atoms with Gasteiger partial charge >= 0.3 is 6.18 Å². The summed E-state index contributed by atoms with van der Waals surface area (Å²) < 4.78 is 49.4. The van der Waals surface area contributed by atoms with Gasteiger partial charge in [-0.25, -0.2) is 4.39 Å². The maximum absolute atomic E-state index is 13.2. The number of Topliss-reactive ketones (excluding diaryl/α,β-unsaturated/α-hetero) is 1. The molecule has 0 amide bonds. The number of carbonyl (C=O) groups is 1. The molecule has 20 heavy (non-hydrogen) atoms. The molecule has 0 radical (unpaired) electrons. The molecule has 0 saturated heterocycles. The first-order chi connectivity index (χ1) is 9.10. The van der Waals surface area contributed by atoms with Crippen LogP contribution in [0, 0.1) is 11.7 Å². The van der Waals surface area contributed by atoms with Crippen molar-refractivity contribution in [3.05, 3.63) is 35.1 Å². The maximum Gasteiger partial charge on any atom is 0.419 e. The molecule has 1 N–H and O–H groups in total. The number of alkyl halides is 5. The van der Waals surface area contributed by atoms with Gasteiger partial charge in [0.2, 0.25) is 0 Å². The van der Waals surface area contributed by atoms with Crippen molar-refractivity contribution in [3.63, 3.8) is 0 Å². The number of ketones is 1. The molecule has 1 saturated carbocycles. The Morgan fingerprint density at radius 2 is 1.95 bits per heavy atom. The minimum absolute atomic E-state index is 0.00975. The van der Waals surface area contributed by atoms with E-state index in [1.54, 1.807) is 0 Å². The van der Waals surface area contributed by atoms with Gasteiger partial charge in [0.05, 0.1) is 11.5 Å². The highest BCUT2D eigenvalue weighted by Gasteiger charge is 2.67. The topological polar surface area (TPSA) is 37.3 Å². The summed E-state index contributed by atoms with van der Waals surface area (Å²) >= 11 is 11.7. The predicted octanol–water partition coefficient (Wildman–Crippen LogP) is 3.29. The van der Waals surface area contributed by atoms with Gasteiger partial charge in [0.15, 0.2) is 5.78 Å². The first-order valence-corrected chi connectivity index (χ1v) is 6.24. The van der Waals surface area contributed by atoms with E-state index in [2.05, 4.69) is 0 Å². The fourth-order valence-corrected chi connectivity index (χ4v) is 3.07. The second-order valence-corrected chi connectivity index (χ2v) is 5.94. The lowest BCUT2D eigenvalue weighted by Crippen LogP contribution is -2.10. The SMILES string of the molecule is O=C(CO)[C@@H]1[C@@H](c2ccc(F)c(C(F)(F)F)c2)C1(Cl)Cl. The normalized spacial score (nSPS) is 24.6. The van der Waals surface area contributed by atoms with Crippen molar-refractivity contribution in [1.29, 1.82) is 0 Å². The molecule has 0 bridgehead atoms. The van der Waals surface area contributed by atoms with Gasteiger partial charge in [-0.3, -0.25) is 4.79 Å². The Kier molecular flexibility index (Phi) is 3.77. The van der Waals surface area contributed by atoms with Gasteiger partial charge < -0.3 is 5.11 Å². The molecule has 1 aromatic carbocycles. The van der Waals surface area contributed by atoms with Crippen molar-refractivity contribution in [3.8, 4) is 0 Å². The van der Waals surface area contributed by atoms with E-state index < -0.39 is 46.1 Å². The molecule has 1 fully saturated rings. The van der Waals surface area contributed by atoms with E-state index in [1.165, 1.54) is 0 Å². The van der Waals surface area contributed by atoms with E-state index in [0.717, 1.165) is 6.07 Å². The first-order valence-electron chi connectivity index (χ1n) is 5.48. The molecule has 1 aliphatic rings. The van der Waals surface area contributed by atoms with Crippen LogP contribution >= 0.6 is 23.2 Å². The Morgan fingerprint density at radius 3 is 2.45 bits per heavy atom. The van der Waals surface area contributed by atoms with Crippen molar-refractivity contribution in [2.45, 2.75) is 16.4 Å². The van der Waals surface area contributed by atoms with Crippen LogP contribution in [-0.4, -0.2) is 21.8 Å². The van der Waals surface area contributed by atoms with Crippen molar-refractivity contribution < 1.29 is 27.5 Å². The van der Waals surface area contributed by atoms with Crippen molar-refractivity contribution in [2.75, 3.05) is 6.61 Å². The molecule has 8 heteroatoms.